The van der Waals surface area contributed by atoms with Crippen molar-refractivity contribution in [2.24, 2.45) is 4.99 Å². The van der Waals surface area contributed by atoms with Crippen molar-refractivity contribution >= 4 is 6.08 Å². The van der Waals surface area contributed by atoms with E-state index in [0.717, 1.165) is 25.7 Å². The molecule has 2 heteroatoms. The number of rotatable bonds is 2. The zero-order valence-corrected chi connectivity index (χ0v) is 9.70. The van der Waals surface area contributed by atoms with Crippen LogP contribution in [0.1, 0.15) is 43.2 Å². The fraction of sp³-hybridized carbons (Fsp3) is 0.500. The van der Waals surface area contributed by atoms with E-state index in [4.69, 9.17) is 0 Å². The summed E-state index contributed by atoms with van der Waals surface area (Å²) < 4.78 is 0. The second kappa shape index (κ2) is 4.63. The van der Waals surface area contributed by atoms with Gasteiger partial charge in [0, 0.05) is 0 Å². The first-order valence-corrected chi connectivity index (χ1v) is 5.93. The maximum Gasteiger partial charge on any atom is 0.235 e. The van der Waals surface area contributed by atoms with E-state index in [0.29, 0.717) is 0 Å². The summed E-state index contributed by atoms with van der Waals surface area (Å²) in [7, 11) is 0. The van der Waals surface area contributed by atoms with E-state index in [2.05, 4.69) is 36.2 Å². The number of hydrogen-bond donors (Lipinski definition) is 0. The third-order valence-corrected chi connectivity index (χ3v) is 3.53. The number of aliphatic imine (C=N–C) groups is 1. The second-order valence-electron chi connectivity index (χ2n) is 4.66. The molecule has 2 rings (SSSR count). The van der Waals surface area contributed by atoms with Gasteiger partial charge in [-0.2, -0.15) is 4.99 Å². The topological polar surface area (TPSA) is 29.4 Å². The van der Waals surface area contributed by atoms with Crippen LogP contribution in [0.15, 0.2) is 29.3 Å². The molecule has 1 aliphatic carbocycles. The van der Waals surface area contributed by atoms with E-state index in [1.807, 2.05) is 0 Å². The summed E-state index contributed by atoms with van der Waals surface area (Å²) in [5.41, 5.74) is 2.12. The Morgan fingerprint density at radius 2 is 1.75 bits per heavy atom. The average Bonchev–Trinajstić information content (AvgIpc) is 2.31. The minimum atomic E-state index is -0.284. The van der Waals surface area contributed by atoms with E-state index in [1.54, 1.807) is 6.08 Å². The van der Waals surface area contributed by atoms with Crippen LogP contribution in [0.4, 0.5) is 0 Å². The van der Waals surface area contributed by atoms with Gasteiger partial charge >= 0.3 is 0 Å². The van der Waals surface area contributed by atoms with E-state index < -0.39 is 0 Å². The lowest BCUT2D eigenvalue weighted by Crippen LogP contribution is -2.26. The third-order valence-electron chi connectivity index (χ3n) is 3.53. The molecule has 0 spiro atoms. The fourth-order valence-electron chi connectivity index (χ4n) is 2.55. The van der Waals surface area contributed by atoms with Gasteiger partial charge in [-0.1, -0.05) is 49.1 Å². The summed E-state index contributed by atoms with van der Waals surface area (Å²) in [6.45, 7) is 2.07. The lowest BCUT2D eigenvalue weighted by Gasteiger charge is -2.32. The maximum absolute atomic E-state index is 10.6. The Labute approximate surface area is 96.4 Å². The van der Waals surface area contributed by atoms with Gasteiger partial charge in [-0.3, -0.25) is 0 Å². The SMILES string of the molecule is Cc1ccc(C2(N=C=O)CCCCC2)cc1. The van der Waals surface area contributed by atoms with Gasteiger partial charge in [0.25, 0.3) is 0 Å². The van der Waals surface area contributed by atoms with Gasteiger partial charge in [-0.05, 0) is 25.3 Å². The van der Waals surface area contributed by atoms with Gasteiger partial charge in [0.1, 0.15) is 0 Å². The molecule has 2 nitrogen and oxygen atoms in total. The van der Waals surface area contributed by atoms with Crippen molar-refractivity contribution < 1.29 is 4.79 Å². The van der Waals surface area contributed by atoms with Crippen LogP contribution in [0, 0.1) is 6.92 Å². The normalized spacial score (nSPS) is 18.8. The van der Waals surface area contributed by atoms with Crippen LogP contribution in [0.3, 0.4) is 0 Å². The highest BCUT2D eigenvalue weighted by molar-refractivity contribution is 5.39. The molecular weight excluding hydrogens is 198 g/mol. The van der Waals surface area contributed by atoms with E-state index in [1.165, 1.54) is 17.5 Å². The highest BCUT2D eigenvalue weighted by atomic mass is 16.1. The molecule has 1 aliphatic rings. The zero-order valence-electron chi connectivity index (χ0n) is 9.70. The molecule has 0 bridgehead atoms. The van der Waals surface area contributed by atoms with Gasteiger partial charge < -0.3 is 0 Å². The summed E-state index contributed by atoms with van der Waals surface area (Å²) >= 11 is 0. The highest BCUT2D eigenvalue weighted by Crippen LogP contribution is 2.40. The number of benzene rings is 1. The molecule has 0 unspecified atom stereocenters. The van der Waals surface area contributed by atoms with Crippen LogP contribution in [-0.4, -0.2) is 6.08 Å². The first-order chi connectivity index (χ1) is 7.77. The monoisotopic (exact) mass is 215 g/mol. The summed E-state index contributed by atoms with van der Waals surface area (Å²) in [5.74, 6) is 0. The smallest absolute Gasteiger partial charge is 0.211 e. The molecule has 0 radical (unpaired) electrons. The van der Waals surface area contributed by atoms with E-state index in [9.17, 15) is 4.79 Å². The predicted molar refractivity (Wildman–Crippen MR) is 64.1 cm³/mol. The molecule has 16 heavy (non-hydrogen) atoms. The van der Waals surface area contributed by atoms with Gasteiger partial charge in [0.15, 0.2) is 0 Å². The predicted octanol–water partition coefficient (Wildman–Crippen LogP) is 3.49. The van der Waals surface area contributed by atoms with Crippen molar-refractivity contribution in [3.05, 3.63) is 35.4 Å². The van der Waals surface area contributed by atoms with Gasteiger partial charge in [0.05, 0.1) is 5.54 Å². The summed E-state index contributed by atoms with van der Waals surface area (Å²) in [4.78, 5) is 14.7. The van der Waals surface area contributed by atoms with Crippen molar-refractivity contribution in [3.63, 3.8) is 0 Å². The molecule has 0 atom stereocenters. The first kappa shape index (κ1) is 11.1. The lowest BCUT2D eigenvalue weighted by molar-refractivity contribution is 0.304. The molecule has 1 aromatic rings. The largest absolute Gasteiger partial charge is 0.235 e. The Balaban J connectivity index is 2.38. The third kappa shape index (κ3) is 2.07. The summed E-state index contributed by atoms with van der Waals surface area (Å²) in [6.07, 6.45) is 7.28. The molecule has 0 N–H and O–H groups in total. The summed E-state index contributed by atoms with van der Waals surface area (Å²) in [6, 6.07) is 8.38. The van der Waals surface area contributed by atoms with Crippen molar-refractivity contribution in [2.45, 2.75) is 44.6 Å². The van der Waals surface area contributed by atoms with Gasteiger partial charge in [-0.15, -0.1) is 0 Å². The van der Waals surface area contributed by atoms with Crippen molar-refractivity contribution in [3.8, 4) is 0 Å². The Morgan fingerprint density at radius 3 is 2.31 bits per heavy atom. The lowest BCUT2D eigenvalue weighted by atomic mass is 9.77. The Kier molecular flexibility index (Phi) is 3.21. The van der Waals surface area contributed by atoms with E-state index in [-0.39, 0.29) is 5.54 Å². The molecular formula is C14H17NO. The standard InChI is InChI=1S/C14H17NO/c1-12-5-7-13(8-6-12)14(15-11-16)9-3-2-4-10-14/h5-8H,2-4,9-10H2,1H3. The second-order valence-corrected chi connectivity index (χ2v) is 4.66. The maximum atomic E-state index is 10.6. The number of isocyanates is 1. The quantitative estimate of drug-likeness (QED) is 0.548. The molecule has 0 heterocycles. The van der Waals surface area contributed by atoms with E-state index >= 15 is 0 Å². The number of hydrogen-bond acceptors (Lipinski definition) is 2. The molecule has 0 aliphatic heterocycles. The number of nitrogens with zero attached hydrogens (tertiary/aromatic N) is 1. The minimum absolute atomic E-state index is 0.284. The Bertz CT molecular complexity index is 395. The highest BCUT2D eigenvalue weighted by Gasteiger charge is 2.33. The molecule has 84 valence electrons. The average molecular weight is 215 g/mol. The van der Waals surface area contributed by atoms with Crippen LogP contribution in [0.5, 0.6) is 0 Å². The number of carbonyl (C=O) groups excluding carboxylic acids is 1. The fourth-order valence-corrected chi connectivity index (χ4v) is 2.55. The number of aryl methyl sites for hydroxylation is 1. The molecule has 1 fully saturated rings. The molecule has 1 aromatic carbocycles. The van der Waals surface area contributed by atoms with Crippen molar-refractivity contribution in [1.29, 1.82) is 0 Å². The van der Waals surface area contributed by atoms with Gasteiger partial charge in [0.2, 0.25) is 6.08 Å². The molecule has 0 aromatic heterocycles. The Morgan fingerprint density at radius 1 is 1.12 bits per heavy atom. The van der Waals surface area contributed by atoms with Crippen LogP contribution in [-0.2, 0) is 10.3 Å². The molecule has 0 saturated heterocycles. The summed E-state index contributed by atoms with van der Waals surface area (Å²) in [5, 5.41) is 0. The van der Waals surface area contributed by atoms with Crippen LogP contribution in [0.2, 0.25) is 0 Å². The first-order valence-electron chi connectivity index (χ1n) is 5.93. The minimum Gasteiger partial charge on any atom is -0.211 e. The Hall–Kier alpha value is -1.40. The zero-order chi connectivity index (χ0) is 11.4. The van der Waals surface area contributed by atoms with Gasteiger partial charge in [-0.25, -0.2) is 4.79 Å². The molecule has 0 amide bonds. The van der Waals surface area contributed by atoms with Crippen LogP contribution in [0.25, 0.3) is 0 Å². The van der Waals surface area contributed by atoms with Crippen LogP contribution >= 0.6 is 0 Å². The van der Waals surface area contributed by atoms with Crippen LogP contribution < -0.4 is 0 Å². The van der Waals surface area contributed by atoms with Crippen molar-refractivity contribution in [1.82, 2.24) is 0 Å². The van der Waals surface area contributed by atoms with Crippen molar-refractivity contribution in [2.75, 3.05) is 0 Å². The molecule has 1 saturated carbocycles.